The van der Waals surface area contributed by atoms with Crippen molar-refractivity contribution >= 4 is 39.7 Å². The largest absolute Gasteiger partial charge is 0.375 e. The number of nitrogens with two attached hydrogens (primary N) is 1. The molecule has 2 nitrogen and oxygen atoms in total. The predicted octanol–water partition coefficient (Wildman–Crippen LogP) is 3.70. The highest BCUT2D eigenvalue weighted by atomic mass is 35.5. The van der Waals surface area contributed by atoms with Gasteiger partial charge < -0.3 is 5.73 Å². The standard InChI is InChI=1S/C9H6Cl2N2S/c10-6-2-1-5(3-7(6)11)8-4-13-9(12)14-8/h1-4H,(H2,12,13). The van der Waals surface area contributed by atoms with Crippen molar-refractivity contribution in [3.63, 3.8) is 0 Å². The topological polar surface area (TPSA) is 38.9 Å². The summed E-state index contributed by atoms with van der Waals surface area (Å²) in [6, 6.07) is 5.45. The third-order valence-electron chi connectivity index (χ3n) is 1.73. The van der Waals surface area contributed by atoms with E-state index in [0.29, 0.717) is 15.2 Å². The molecule has 14 heavy (non-hydrogen) atoms. The van der Waals surface area contributed by atoms with Crippen LogP contribution in [-0.2, 0) is 0 Å². The minimum Gasteiger partial charge on any atom is -0.375 e. The van der Waals surface area contributed by atoms with Gasteiger partial charge in [0.05, 0.1) is 14.9 Å². The third-order valence-corrected chi connectivity index (χ3v) is 3.34. The summed E-state index contributed by atoms with van der Waals surface area (Å²) in [6.07, 6.45) is 1.72. The molecule has 5 heteroatoms. The first-order valence-corrected chi connectivity index (χ1v) is 5.41. The molecule has 0 saturated carbocycles. The highest BCUT2D eigenvalue weighted by Gasteiger charge is 2.04. The molecule has 0 saturated heterocycles. The molecule has 1 aromatic heterocycles. The van der Waals surface area contributed by atoms with Gasteiger partial charge in [-0.1, -0.05) is 40.6 Å². The van der Waals surface area contributed by atoms with E-state index < -0.39 is 0 Å². The first-order valence-electron chi connectivity index (χ1n) is 3.83. The maximum atomic E-state index is 5.89. The van der Waals surface area contributed by atoms with Crippen LogP contribution in [0.3, 0.4) is 0 Å². The Kier molecular flexibility index (Phi) is 2.63. The summed E-state index contributed by atoms with van der Waals surface area (Å²) in [5.74, 6) is 0. The smallest absolute Gasteiger partial charge is 0.180 e. The summed E-state index contributed by atoms with van der Waals surface area (Å²) in [7, 11) is 0. The summed E-state index contributed by atoms with van der Waals surface area (Å²) in [4.78, 5) is 4.95. The summed E-state index contributed by atoms with van der Waals surface area (Å²) >= 11 is 13.1. The van der Waals surface area contributed by atoms with Gasteiger partial charge in [0.2, 0.25) is 0 Å². The lowest BCUT2D eigenvalue weighted by Crippen LogP contribution is -1.77. The number of rotatable bonds is 1. The number of benzene rings is 1. The number of nitrogens with zero attached hydrogens (tertiary/aromatic N) is 1. The van der Waals surface area contributed by atoms with Gasteiger partial charge in [-0.25, -0.2) is 4.98 Å². The van der Waals surface area contributed by atoms with Gasteiger partial charge in [0.25, 0.3) is 0 Å². The van der Waals surface area contributed by atoms with Crippen LogP contribution in [0.1, 0.15) is 0 Å². The molecule has 0 amide bonds. The van der Waals surface area contributed by atoms with Crippen LogP contribution in [0, 0.1) is 0 Å². The van der Waals surface area contributed by atoms with Gasteiger partial charge in [0.15, 0.2) is 5.13 Å². The fourth-order valence-electron chi connectivity index (χ4n) is 1.07. The van der Waals surface area contributed by atoms with Crippen LogP contribution in [0.5, 0.6) is 0 Å². The van der Waals surface area contributed by atoms with Gasteiger partial charge in [-0.2, -0.15) is 0 Å². The SMILES string of the molecule is Nc1ncc(-c2ccc(Cl)c(Cl)c2)s1. The zero-order valence-electron chi connectivity index (χ0n) is 7.00. The van der Waals surface area contributed by atoms with E-state index in [9.17, 15) is 0 Å². The number of hydrogen-bond donors (Lipinski definition) is 1. The predicted molar refractivity (Wildman–Crippen MR) is 62.0 cm³/mol. The lowest BCUT2D eigenvalue weighted by molar-refractivity contribution is 1.42. The Hall–Kier alpha value is -0.770. The van der Waals surface area contributed by atoms with Gasteiger partial charge in [-0.3, -0.25) is 0 Å². The van der Waals surface area contributed by atoms with Crippen LogP contribution in [-0.4, -0.2) is 4.98 Å². The maximum absolute atomic E-state index is 5.89. The molecule has 0 aliphatic carbocycles. The van der Waals surface area contributed by atoms with Crippen LogP contribution in [0.2, 0.25) is 10.0 Å². The number of nitrogen functional groups attached to an aromatic ring is 1. The first-order chi connectivity index (χ1) is 6.66. The van der Waals surface area contributed by atoms with E-state index in [1.54, 1.807) is 18.3 Å². The normalized spacial score (nSPS) is 10.4. The Balaban J connectivity index is 2.47. The molecule has 2 rings (SSSR count). The van der Waals surface area contributed by atoms with E-state index in [2.05, 4.69) is 4.98 Å². The molecule has 0 aliphatic rings. The Morgan fingerprint density at radius 2 is 2.00 bits per heavy atom. The van der Waals surface area contributed by atoms with Gasteiger partial charge >= 0.3 is 0 Å². The zero-order chi connectivity index (χ0) is 10.1. The summed E-state index contributed by atoms with van der Waals surface area (Å²) < 4.78 is 0. The Bertz CT molecular complexity index is 468. The maximum Gasteiger partial charge on any atom is 0.180 e. The first kappa shape index (κ1) is 9.77. The second kappa shape index (κ2) is 3.77. The molecule has 2 aromatic rings. The highest BCUT2D eigenvalue weighted by Crippen LogP contribution is 2.32. The van der Waals surface area contributed by atoms with Crippen molar-refractivity contribution < 1.29 is 0 Å². The second-order valence-electron chi connectivity index (χ2n) is 2.69. The third kappa shape index (κ3) is 1.85. The van der Waals surface area contributed by atoms with Gasteiger partial charge in [-0.05, 0) is 17.7 Å². The van der Waals surface area contributed by atoms with E-state index in [1.807, 2.05) is 6.07 Å². The summed E-state index contributed by atoms with van der Waals surface area (Å²) in [6.45, 7) is 0. The van der Waals surface area contributed by atoms with Crippen LogP contribution in [0.15, 0.2) is 24.4 Å². The van der Waals surface area contributed by atoms with E-state index in [-0.39, 0.29) is 0 Å². The van der Waals surface area contributed by atoms with E-state index in [0.717, 1.165) is 10.4 Å². The van der Waals surface area contributed by atoms with E-state index in [1.165, 1.54) is 11.3 Å². The van der Waals surface area contributed by atoms with Crippen LogP contribution in [0.4, 0.5) is 5.13 Å². The highest BCUT2D eigenvalue weighted by molar-refractivity contribution is 7.18. The molecule has 2 N–H and O–H groups in total. The van der Waals surface area contributed by atoms with Gasteiger partial charge in [0.1, 0.15) is 0 Å². The molecule has 0 unspecified atom stereocenters. The van der Waals surface area contributed by atoms with Crippen molar-refractivity contribution in [3.05, 3.63) is 34.4 Å². The van der Waals surface area contributed by atoms with Crippen molar-refractivity contribution in [3.8, 4) is 10.4 Å². The number of aromatic nitrogens is 1. The summed E-state index contributed by atoms with van der Waals surface area (Å²) in [5, 5.41) is 1.63. The fourth-order valence-corrected chi connectivity index (χ4v) is 2.05. The number of hydrogen-bond acceptors (Lipinski definition) is 3. The molecule has 1 aromatic carbocycles. The van der Waals surface area contributed by atoms with E-state index >= 15 is 0 Å². The monoisotopic (exact) mass is 244 g/mol. The van der Waals surface area contributed by atoms with Crippen LogP contribution in [0.25, 0.3) is 10.4 Å². The number of halogens is 2. The average molecular weight is 245 g/mol. The Labute approximate surface area is 95.3 Å². The molecule has 0 atom stereocenters. The van der Waals surface area contributed by atoms with Crippen molar-refractivity contribution in [2.24, 2.45) is 0 Å². The van der Waals surface area contributed by atoms with Crippen molar-refractivity contribution in [1.29, 1.82) is 0 Å². The van der Waals surface area contributed by atoms with Gasteiger partial charge in [-0.15, -0.1) is 0 Å². The molecule has 0 aliphatic heterocycles. The van der Waals surface area contributed by atoms with Gasteiger partial charge in [0, 0.05) is 6.20 Å². The molecule has 0 spiro atoms. The molecular formula is C9H6Cl2N2S. The lowest BCUT2D eigenvalue weighted by Gasteiger charge is -1.98. The molecule has 1 heterocycles. The molecule has 0 fully saturated rings. The minimum atomic E-state index is 0.538. The van der Waals surface area contributed by atoms with Crippen molar-refractivity contribution in [2.75, 3.05) is 5.73 Å². The lowest BCUT2D eigenvalue weighted by atomic mass is 10.2. The van der Waals surface area contributed by atoms with E-state index in [4.69, 9.17) is 28.9 Å². The second-order valence-corrected chi connectivity index (χ2v) is 4.57. The molecule has 0 radical (unpaired) electrons. The molecular weight excluding hydrogens is 239 g/mol. The average Bonchev–Trinajstić information content (AvgIpc) is 2.57. The molecule has 0 bridgehead atoms. The zero-order valence-corrected chi connectivity index (χ0v) is 9.33. The number of anilines is 1. The Morgan fingerprint density at radius 3 is 2.57 bits per heavy atom. The molecule has 72 valence electrons. The van der Waals surface area contributed by atoms with Crippen molar-refractivity contribution in [2.45, 2.75) is 0 Å². The quantitative estimate of drug-likeness (QED) is 0.831. The Morgan fingerprint density at radius 1 is 1.21 bits per heavy atom. The fraction of sp³-hybridized carbons (Fsp3) is 0. The number of thiazole rings is 1. The minimum absolute atomic E-state index is 0.538. The van der Waals surface area contributed by atoms with Crippen molar-refractivity contribution in [1.82, 2.24) is 4.98 Å². The van der Waals surface area contributed by atoms with Crippen LogP contribution >= 0.6 is 34.5 Å². The summed E-state index contributed by atoms with van der Waals surface area (Å²) in [5.41, 5.74) is 6.51. The van der Waals surface area contributed by atoms with Crippen LogP contribution < -0.4 is 5.73 Å².